The molecule has 0 radical (unpaired) electrons. The van der Waals surface area contributed by atoms with Gasteiger partial charge in [0, 0.05) is 25.5 Å². The van der Waals surface area contributed by atoms with Crippen molar-refractivity contribution < 1.29 is 0 Å². The van der Waals surface area contributed by atoms with Crippen molar-refractivity contribution in [1.82, 2.24) is 24.7 Å². The molecule has 0 unspecified atom stereocenters. The molecule has 0 aliphatic heterocycles. The number of nitrogens with one attached hydrogen (secondary N) is 3. The zero-order valence-corrected chi connectivity index (χ0v) is 12.7. The molecular weight excluding hydrogens is 278 g/mol. The monoisotopic (exact) mass is 297 g/mol. The summed E-state index contributed by atoms with van der Waals surface area (Å²) < 4.78 is 1.74. The van der Waals surface area contributed by atoms with E-state index in [0.717, 1.165) is 28.5 Å². The number of aryl methyl sites for hydroxylation is 1. The first kappa shape index (κ1) is 13.1. The fourth-order valence-corrected chi connectivity index (χ4v) is 2.65. The summed E-state index contributed by atoms with van der Waals surface area (Å²) in [4.78, 5) is 12.3. The highest BCUT2D eigenvalue weighted by atomic mass is 15.3. The first-order valence-electron chi connectivity index (χ1n) is 7.56. The predicted molar refractivity (Wildman–Crippen MR) is 86.2 cm³/mol. The van der Waals surface area contributed by atoms with Crippen LogP contribution in [0, 0.1) is 5.92 Å². The van der Waals surface area contributed by atoms with Gasteiger partial charge in [-0.25, -0.2) is 0 Å². The van der Waals surface area contributed by atoms with E-state index in [4.69, 9.17) is 0 Å². The van der Waals surface area contributed by atoms with Crippen molar-refractivity contribution in [1.29, 1.82) is 0 Å². The summed E-state index contributed by atoms with van der Waals surface area (Å²) in [5.74, 6) is 2.20. The summed E-state index contributed by atoms with van der Waals surface area (Å²) in [5.41, 5.74) is 1.70. The van der Waals surface area contributed by atoms with Gasteiger partial charge < -0.3 is 15.6 Å². The van der Waals surface area contributed by atoms with E-state index < -0.39 is 0 Å². The topological polar surface area (TPSA) is 83.4 Å². The third-order valence-corrected chi connectivity index (χ3v) is 4.07. The lowest BCUT2D eigenvalue weighted by Crippen LogP contribution is -2.18. The van der Waals surface area contributed by atoms with Crippen LogP contribution in [0.4, 0.5) is 17.5 Å². The van der Waals surface area contributed by atoms with Crippen LogP contribution in [0.1, 0.15) is 19.8 Å². The summed E-state index contributed by atoms with van der Waals surface area (Å²) in [7, 11) is 1.88. The van der Waals surface area contributed by atoms with Gasteiger partial charge in [-0.05, 0) is 31.7 Å². The van der Waals surface area contributed by atoms with Crippen LogP contribution in [0.25, 0.3) is 11.0 Å². The molecule has 3 aromatic heterocycles. The van der Waals surface area contributed by atoms with E-state index in [9.17, 15) is 0 Å². The van der Waals surface area contributed by atoms with Crippen molar-refractivity contribution in [2.24, 2.45) is 13.0 Å². The Hall–Kier alpha value is -2.57. The van der Waals surface area contributed by atoms with Gasteiger partial charge in [-0.15, -0.1) is 0 Å². The molecule has 1 atom stereocenters. The fourth-order valence-electron chi connectivity index (χ4n) is 2.65. The van der Waals surface area contributed by atoms with E-state index in [2.05, 4.69) is 37.6 Å². The number of hydrogen-bond donors (Lipinski definition) is 3. The second-order valence-corrected chi connectivity index (χ2v) is 5.93. The number of aromatic amines is 1. The van der Waals surface area contributed by atoms with E-state index in [-0.39, 0.29) is 0 Å². The molecule has 1 aliphatic rings. The average Bonchev–Trinajstić information content (AvgIpc) is 3.11. The Bertz CT molecular complexity index is 799. The fraction of sp³-hybridized carbons (Fsp3) is 0.400. The third-order valence-electron chi connectivity index (χ3n) is 4.07. The van der Waals surface area contributed by atoms with Crippen LogP contribution >= 0.6 is 0 Å². The summed E-state index contributed by atoms with van der Waals surface area (Å²) in [6, 6.07) is 2.43. The lowest BCUT2D eigenvalue weighted by atomic mass is 10.2. The zero-order valence-electron chi connectivity index (χ0n) is 12.7. The number of rotatable bonds is 5. The Morgan fingerprint density at radius 3 is 2.95 bits per heavy atom. The van der Waals surface area contributed by atoms with Crippen LogP contribution in [0.3, 0.4) is 0 Å². The standard InChI is InChI=1S/C15H19N7/c1-9(10-3-4-10)18-14-12-5-6-16-13(12)20-15(21-14)19-11-7-17-22(2)8-11/h5-10H,3-4H2,1-2H3,(H3,16,18,19,20,21)/t9-/m0/s1. The molecular formula is C15H19N7. The molecule has 3 N–H and O–H groups in total. The van der Waals surface area contributed by atoms with Gasteiger partial charge in [-0.1, -0.05) is 0 Å². The molecule has 3 aromatic rings. The number of aromatic nitrogens is 5. The van der Waals surface area contributed by atoms with E-state index in [1.165, 1.54) is 12.8 Å². The van der Waals surface area contributed by atoms with Gasteiger partial charge in [0.15, 0.2) is 0 Å². The summed E-state index contributed by atoms with van der Waals surface area (Å²) >= 11 is 0. The van der Waals surface area contributed by atoms with Crippen LogP contribution in [0.2, 0.25) is 0 Å². The second-order valence-electron chi connectivity index (χ2n) is 5.93. The molecule has 7 heteroatoms. The quantitative estimate of drug-likeness (QED) is 0.674. The van der Waals surface area contributed by atoms with Crippen LogP contribution < -0.4 is 10.6 Å². The van der Waals surface area contributed by atoms with Crippen molar-refractivity contribution in [2.45, 2.75) is 25.8 Å². The molecule has 0 saturated heterocycles. The minimum atomic E-state index is 0.430. The predicted octanol–water partition coefficient (Wildman–Crippen LogP) is 2.65. The number of fused-ring (bicyclic) bond motifs is 1. The van der Waals surface area contributed by atoms with E-state index >= 15 is 0 Å². The molecule has 0 bridgehead atoms. The SMILES string of the molecule is C[C@H](Nc1nc(Nc2cnn(C)c2)nc2[nH]ccc12)C1CC1. The maximum atomic E-state index is 4.64. The number of H-pyrrole nitrogens is 1. The molecule has 1 aliphatic carbocycles. The van der Waals surface area contributed by atoms with Crippen molar-refractivity contribution in [2.75, 3.05) is 10.6 Å². The largest absolute Gasteiger partial charge is 0.367 e. The van der Waals surface area contributed by atoms with E-state index in [1.807, 2.05) is 25.5 Å². The Balaban J connectivity index is 1.66. The summed E-state index contributed by atoms with van der Waals surface area (Å²) in [6.07, 6.45) is 8.14. The molecule has 0 spiro atoms. The maximum Gasteiger partial charge on any atom is 0.231 e. The molecule has 1 fully saturated rings. The number of anilines is 3. The zero-order chi connectivity index (χ0) is 15.1. The van der Waals surface area contributed by atoms with Gasteiger partial charge in [0.25, 0.3) is 0 Å². The molecule has 1 saturated carbocycles. The highest BCUT2D eigenvalue weighted by molar-refractivity contribution is 5.88. The Kier molecular flexibility index (Phi) is 2.99. The maximum absolute atomic E-state index is 4.64. The van der Waals surface area contributed by atoms with Gasteiger partial charge in [0.05, 0.1) is 17.3 Å². The van der Waals surface area contributed by atoms with Gasteiger partial charge in [-0.3, -0.25) is 4.68 Å². The molecule has 114 valence electrons. The highest BCUT2D eigenvalue weighted by Gasteiger charge is 2.28. The first-order valence-corrected chi connectivity index (χ1v) is 7.56. The Morgan fingerprint density at radius 2 is 2.23 bits per heavy atom. The minimum Gasteiger partial charge on any atom is -0.367 e. The molecule has 0 aromatic carbocycles. The second kappa shape index (κ2) is 5.01. The summed E-state index contributed by atoms with van der Waals surface area (Å²) in [5, 5.41) is 11.9. The smallest absolute Gasteiger partial charge is 0.231 e. The molecule has 7 nitrogen and oxygen atoms in total. The van der Waals surface area contributed by atoms with Crippen LogP contribution in [0.15, 0.2) is 24.7 Å². The van der Waals surface area contributed by atoms with Gasteiger partial charge in [0.2, 0.25) is 5.95 Å². The van der Waals surface area contributed by atoms with Gasteiger partial charge in [0.1, 0.15) is 11.5 Å². The van der Waals surface area contributed by atoms with E-state index in [0.29, 0.717) is 12.0 Å². The number of hydrogen-bond acceptors (Lipinski definition) is 5. The lowest BCUT2D eigenvalue weighted by Gasteiger charge is -2.15. The summed E-state index contributed by atoms with van der Waals surface area (Å²) in [6.45, 7) is 2.21. The lowest BCUT2D eigenvalue weighted by molar-refractivity contribution is 0.691. The van der Waals surface area contributed by atoms with Crippen molar-refractivity contribution in [3.63, 3.8) is 0 Å². The Morgan fingerprint density at radius 1 is 1.36 bits per heavy atom. The molecule has 0 amide bonds. The van der Waals surface area contributed by atoms with Crippen molar-refractivity contribution in [3.05, 3.63) is 24.7 Å². The third kappa shape index (κ3) is 2.49. The Labute approximate surface area is 128 Å². The highest BCUT2D eigenvalue weighted by Crippen LogP contribution is 2.34. The van der Waals surface area contributed by atoms with Crippen LogP contribution in [-0.4, -0.2) is 30.8 Å². The number of nitrogens with zero attached hydrogens (tertiary/aromatic N) is 4. The van der Waals surface area contributed by atoms with Gasteiger partial charge in [-0.2, -0.15) is 15.1 Å². The first-order chi connectivity index (χ1) is 10.7. The minimum absolute atomic E-state index is 0.430. The molecule has 3 heterocycles. The van der Waals surface area contributed by atoms with Crippen molar-refractivity contribution in [3.8, 4) is 0 Å². The van der Waals surface area contributed by atoms with Gasteiger partial charge >= 0.3 is 0 Å². The average molecular weight is 297 g/mol. The van der Waals surface area contributed by atoms with Crippen molar-refractivity contribution >= 4 is 28.5 Å². The molecule has 22 heavy (non-hydrogen) atoms. The molecule has 4 rings (SSSR count). The van der Waals surface area contributed by atoms with E-state index in [1.54, 1.807) is 10.9 Å². The van der Waals surface area contributed by atoms with Crippen LogP contribution in [-0.2, 0) is 7.05 Å². The normalized spacial score (nSPS) is 15.9. The van der Waals surface area contributed by atoms with Crippen LogP contribution in [0.5, 0.6) is 0 Å².